The van der Waals surface area contributed by atoms with Gasteiger partial charge in [-0.05, 0) is 56.4 Å². The average Bonchev–Trinajstić information content (AvgIpc) is 2.54. The second kappa shape index (κ2) is 8.70. The molecular formula is C19H27NO3. The predicted molar refractivity (Wildman–Crippen MR) is 90.7 cm³/mol. The molecule has 1 aliphatic carbocycles. The molecule has 1 saturated carbocycles. The van der Waals surface area contributed by atoms with Crippen LogP contribution in [0.1, 0.15) is 62.7 Å². The molecule has 23 heavy (non-hydrogen) atoms. The minimum Gasteiger partial charge on any atom is -0.494 e. The van der Waals surface area contributed by atoms with Gasteiger partial charge in [0.15, 0.2) is 5.78 Å². The van der Waals surface area contributed by atoms with Crippen LogP contribution < -0.4 is 10.1 Å². The van der Waals surface area contributed by atoms with E-state index in [2.05, 4.69) is 12.2 Å². The van der Waals surface area contributed by atoms with Gasteiger partial charge in [0.2, 0.25) is 5.91 Å². The van der Waals surface area contributed by atoms with Crippen LogP contribution in [0.3, 0.4) is 0 Å². The molecule has 0 saturated heterocycles. The van der Waals surface area contributed by atoms with E-state index in [0.717, 1.165) is 12.2 Å². The first-order chi connectivity index (χ1) is 11.1. The van der Waals surface area contributed by atoms with Crippen LogP contribution in [0.5, 0.6) is 5.75 Å². The maximum absolute atomic E-state index is 12.0. The zero-order valence-electron chi connectivity index (χ0n) is 14.1. The van der Waals surface area contributed by atoms with Crippen LogP contribution in [0.15, 0.2) is 24.3 Å². The van der Waals surface area contributed by atoms with Gasteiger partial charge < -0.3 is 10.1 Å². The van der Waals surface area contributed by atoms with Crippen LogP contribution in [0.25, 0.3) is 0 Å². The Morgan fingerprint density at radius 2 is 1.87 bits per heavy atom. The number of carbonyl (C=O) groups is 2. The van der Waals surface area contributed by atoms with Gasteiger partial charge in [-0.15, -0.1) is 0 Å². The second-order valence-corrected chi connectivity index (χ2v) is 6.47. The Balaban J connectivity index is 1.64. The Kier molecular flexibility index (Phi) is 6.63. The highest BCUT2D eigenvalue weighted by Crippen LogP contribution is 2.23. The summed E-state index contributed by atoms with van der Waals surface area (Å²) >= 11 is 0. The van der Waals surface area contributed by atoms with E-state index < -0.39 is 0 Å². The Morgan fingerprint density at radius 3 is 2.52 bits per heavy atom. The zero-order chi connectivity index (χ0) is 16.7. The summed E-state index contributed by atoms with van der Waals surface area (Å²) in [5.74, 6) is 1.49. The van der Waals surface area contributed by atoms with Gasteiger partial charge in [-0.25, -0.2) is 0 Å². The highest BCUT2D eigenvalue weighted by atomic mass is 16.5. The normalized spacial score (nSPS) is 20.8. The minimum atomic E-state index is 0.0464. The number of nitrogens with one attached hydrogen (secondary N) is 1. The number of benzene rings is 1. The van der Waals surface area contributed by atoms with Gasteiger partial charge in [-0.3, -0.25) is 9.59 Å². The summed E-state index contributed by atoms with van der Waals surface area (Å²) in [6, 6.07) is 7.45. The molecule has 0 aromatic heterocycles. The molecule has 1 N–H and O–H groups in total. The molecule has 0 unspecified atom stereocenters. The first-order valence-electron chi connectivity index (χ1n) is 8.59. The molecule has 126 valence electrons. The van der Waals surface area contributed by atoms with E-state index in [0.29, 0.717) is 37.0 Å². The van der Waals surface area contributed by atoms with Gasteiger partial charge in [-0.2, -0.15) is 0 Å². The van der Waals surface area contributed by atoms with Crippen LogP contribution in [0.2, 0.25) is 0 Å². The summed E-state index contributed by atoms with van der Waals surface area (Å²) < 4.78 is 5.61. The number of hydrogen-bond donors (Lipinski definition) is 1. The molecule has 0 aliphatic heterocycles. The summed E-state index contributed by atoms with van der Waals surface area (Å²) in [4.78, 5) is 23.2. The second-order valence-electron chi connectivity index (χ2n) is 6.47. The largest absolute Gasteiger partial charge is 0.494 e. The molecule has 1 aliphatic rings. The predicted octanol–water partition coefficient (Wildman–Crippen LogP) is 3.74. The Hall–Kier alpha value is -1.84. The molecule has 4 nitrogen and oxygen atoms in total. The highest BCUT2D eigenvalue weighted by molar-refractivity contribution is 5.94. The van der Waals surface area contributed by atoms with Crippen molar-refractivity contribution in [3.63, 3.8) is 0 Å². The number of ketones is 1. The van der Waals surface area contributed by atoms with E-state index in [1.807, 2.05) is 0 Å². The highest BCUT2D eigenvalue weighted by Gasteiger charge is 2.22. The Bertz CT molecular complexity index is 524. The third-order valence-corrected chi connectivity index (χ3v) is 4.54. The van der Waals surface area contributed by atoms with Crippen molar-refractivity contribution in [1.82, 2.24) is 5.32 Å². The van der Waals surface area contributed by atoms with Crippen molar-refractivity contribution < 1.29 is 14.3 Å². The van der Waals surface area contributed by atoms with Crippen LogP contribution in [-0.4, -0.2) is 24.3 Å². The first-order valence-corrected chi connectivity index (χ1v) is 8.59. The molecule has 4 heteroatoms. The van der Waals surface area contributed by atoms with Crippen LogP contribution in [0.4, 0.5) is 0 Å². The van der Waals surface area contributed by atoms with Gasteiger partial charge >= 0.3 is 0 Å². The quantitative estimate of drug-likeness (QED) is 0.615. The summed E-state index contributed by atoms with van der Waals surface area (Å²) in [6.45, 7) is 4.27. The monoisotopic (exact) mass is 317 g/mol. The third kappa shape index (κ3) is 5.70. The van der Waals surface area contributed by atoms with Gasteiger partial charge in [0, 0.05) is 18.0 Å². The topological polar surface area (TPSA) is 55.4 Å². The van der Waals surface area contributed by atoms with Crippen LogP contribution >= 0.6 is 0 Å². The number of Topliss-reactive ketones (excluding diaryl/α,β-unsaturated/α-hetero) is 1. The first kappa shape index (κ1) is 17.5. The number of amides is 1. The van der Waals surface area contributed by atoms with Gasteiger partial charge in [0.1, 0.15) is 5.75 Å². The summed E-state index contributed by atoms with van der Waals surface area (Å²) in [5.41, 5.74) is 0.679. The number of hydrogen-bond acceptors (Lipinski definition) is 3. The van der Waals surface area contributed by atoms with E-state index >= 15 is 0 Å². The molecule has 0 heterocycles. The SMILES string of the molecule is CC(=O)c1ccc(OCCCC(=O)N[C@@H]2CCCC[C@H]2C)cc1. The smallest absolute Gasteiger partial charge is 0.220 e. The van der Waals surface area contributed by atoms with Crippen molar-refractivity contribution >= 4 is 11.7 Å². The fraction of sp³-hybridized carbons (Fsp3) is 0.579. The van der Waals surface area contributed by atoms with E-state index in [-0.39, 0.29) is 11.7 Å². The average molecular weight is 317 g/mol. The van der Waals surface area contributed by atoms with Gasteiger partial charge in [0.05, 0.1) is 6.61 Å². The molecule has 0 radical (unpaired) electrons. The van der Waals surface area contributed by atoms with Crippen molar-refractivity contribution in [2.45, 2.75) is 58.4 Å². The molecule has 0 spiro atoms. The van der Waals surface area contributed by atoms with Crippen molar-refractivity contribution in [2.24, 2.45) is 5.92 Å². The Morgan fingerprint density at radius 1 is 1.17 bits per heavy atom. The molecule has 1 amide bonds. The lowest BCUT2D eigenvalue weighted by Gasteiger charge is -2.29. The van der Waals surface area contributed by atoms with E-state index in [4.69, 9.17) is 4.74 Å². The molecule has 1 fully saturated rings. The third-order valence-electron chi connectivity index (χ3n) is 4.54. The number of carbonyl (C=O) groups excluding carboxylic acids is 2. The van der Waals surface area contributed by atoms with Crippen molar-refractivity contribution in [1.29, 1.82) is 0 Å². The standard InChI is InChI=1S/C19H27NO3/c1-14-6-3-4-7-18(14)20-19(22)8-5-13-23-17-11-9-16(10-12-17)15(2)21/h9-12,14,18H,3-8,13H2,1-2H3,(H,20,22)/t14-,18-/m1/s1. The van der Waals surface area contributed by atoms with Crippen LogP contribution in [-0.2, 0) is 4.79 Å². The van der Waals surface area contributed by atoms with E-state index in [9.17, 15) is 9.59 Å². The molecular weight excluding hydrogens is 290 g/mol. The molecule has 0 bridgehead atoms. The summed E-state index contributed by atoms with van der Waals surface area (Å²) in [5, 5.41) is 3.16. The molecule has 1 aromatic rings. The molecule has 2 atom stereocenters. The summed E-state index contributed by atoms with van der Waals surface area (Å²) in [6.07, 6.45) is 6.00. The fourth-order valence-corrected chi connectivity index (χ4v) is 3.02. The lowest BCUT2D eigenvalue weighted by molar-refractivity contribution is -0.122. The fourth-order valence-electron chi connectivity index (χ4n) is 3.02. The lowest BCUT2D eigenvalue weighted by Crippen LogP contribution is -2.41. The van der Waals surface area contributed by atoms with Crippen molar-refractivity contribution in [2.75, 3.05) is 6.61 Å². The van der Waals surface area contributed by atoms with Crippen LogP contribution in [0, 0.1) is 5.92 Å². The minimum absolute atomic E-state index is 0.0464. The van der Waals surface area contributed by atoms with Gasteiger partial charge in [-0.1, -0.05) is 19.8 Å². The zero-order valence-corrected chi connectivity index (χ0v) is 14.1. The number of rotatable bonds is 7. The molecule has 1 aromatic carbocycles. The summed E-state index contributed by atoms with van der Waals surface area (Å²) in [7, 11) is 0. The maximum atomic E-state index is 12.0. The van der Waals surface area contributed by atoms with Crippen molar-refractivity contribution in [3.05, 3.63) is 29.8 Å². The van der Waals surface area contributed by atoms with Gasteiger partial charge in [0.25, 0.3) is 0 Å². The van der Waals surface area contributed by atoms with Crippen molar-refractivity contribution in [3.8, 4) is 5.75 Å². The number of ether oxygens (including phenoxy) is 1. The maximum Gasteiger partial charge on any atom is 0.220 e. The lowest BCUT2D eigenvalue weighted by atomic mass is 9.86. The molecule has 2 rings (SSSR count). The van der Waals surface area contributed by atoms with E-state index in [1.54, 1.807) is 31.2 Å². The van der Waals surface area contributed by atoms with E-state index in [1.165, 1.54) is 19.3 Å². The Labute approximate surface area is 138 Å².